The second-order valence-corrected chi connectivity index (χ2v) is 7.05. The molecule has 0 saturated heterocycles. The van der Waals surface area contributed by atoms with E-state index in [0.717, 1.165) is 30.3 Å². The fraction of sp³-hybridized carbons (Fsp3) is 0.364. The molecule has 3 rings (SSSR count). The highest BCUT2D eigenvalue weighted by atomic mass is 16.4. The summed E-state index contributed by atoms with van der Waals surface area (Å²) in [5, 5.41) is 6.62. The first kappa shape index (κ1) is 20.7. The van der Waals surface area contributed by atoms with Crippen molar-refractivity contribution in [2.24, 2.45) is 4.99 Å². The van der Waals surface area contributed by atoms with Crippen LogP contribution in [0.4, 0.5) is 0 Å². The average Bonchev–Trinajstić information content (AvgIpc) is 3.32. The van der Waals surface area contributed by atoms with E-state index in [1.165, 1.54) is 11.1 Å². The number of benzene rings is 1. The van der Waals surface area contributed by atoms with E-state index in [4.69, 9.17) is 8.83 Å². The van der Waals surface area contributed by atoms with Gasteiger partial charge in [-0.1, -0.05) is 24.3 Å². The maximum atomic E-state index is 5.61. The number of nitrogens with zero attached hydrogens (tertiary/aromatic N) is 3. The molecular weight excluding hydrogens is 366 g/mol. The third-order valence-electron chi connectivity index (χ3n) is 4.71. The zero-order valence-corrected chi connectivity index (χ0v) is 17.5. The predicted molar refractivity (Wildman–Crippen MR) is 113 cm³/mol. The molecule has 1 aromatic carbocycles. The number of aryl methyl sites for hydroxylation is 2. The standard InChI is InChI=1S/C22H29N5O2/c1-16-17(2)29-21(26-16)13-25-22(23-3)24-12-18-8-5-6-9-19(18)14-27(4)15-20-10-7-11-28-20/h5-11H,12-15H2,1-4H3,(H2,23,24,25). The molecule has 0 aliphatic carbocycles. The Bertz CT molecular complexity index is 911. The van der Waals surface area contributed by atoms with E-state index >= 15 is 0 Å². The molecule has 0 aliphatic heterocycles. The fourth-order valence-electron chi connectivity index (χ4n) is 3.07. The van der Waals surface area contributed by atoms with Crippen LogP contribution in [-0.4, -0.2) is 29.9 Å². The highest BCUT2D eigenvalue weighted by molar-refractivity contribution is 5.79. The first-order valence-electron chi connectivity index (χ1n) is 9.70. The molecule has 0 bridgehead atoms. The molecule has 154 valence electrons. The van der Waals surface area contributed by atoms with Gasteiger partial charge in [-0.15, -0.1) is 0 Å². The van der Waals surface area contributed by atoms with Gasteiger partial charge in [0.2, 0.25) is 5.89 Å². The Kier molecular flexibility index (Phi) is 7.08. The van der Waals surface area contributed by atoms with Gasteiger partial charge in [-0.05, 0) is 44.2 Å². The quantitative estimate of drug-likeness (QED) is 0.450. The van der Waals surface area contributed by atoms with E-state index in [9.17, 15) is 0 Å². The van der Waals surface area contributed by atoms with Crippen molar-refractivity contribution in [3.05, 3.63) is 76.9 Å². The van der Waals surface area contributed by atoms with E-state index < -0.39 is 0 Å². The van der Waals surface area contributed by atoms with Crippen LogP contribution in [0.3, 0.4) is 0 Å². The van der Waals surface area contributed by atoms with Crippen LogP contribution in [0.15, 0.2) is 56.5 Å². The minimum absolute atomic E-state index is 0.488. The number of guanidine groups is 1. The molecule has 3 aromatic rings. The molecule has 0 saturated carbocycles. The van der Waals surface area contributed by atoms with Crippen LogP contribution < -0.4 is 10.6 Å². The van der Waals surface area contributed by atoms with Gasteiger partial charge in [0, 0.05) is 20.1 Å². The van der Waals surface area contributed by atoms with Crippen LogP contribution >= 0.6 is 0 Å². The van der Waals surface area contributed by atoms with Crippen molar-refractivity contribution >= 4 is 5.96 Å². The summed E-state index contributed by atoms with van der Waals surface area (Å²) in [5.74, 6) is 3.17. The van der Waals surface area contributed by atoms with Crippen molar-refractivity contribution in [3.63, 3.8) is 0 Å². The monoisotopic (exact) mass is 395 g/mol. The Morgan fingerprint density at radius 1 is 1.03 bits per heavy atom. The van der Waals surface area contributed by atoms with Gasteiger partial charge in [0.05, 0.1) is 25.0 Å². The minimum atomic E-state index is 0.488. The zero-order chi connectivity index (χ0) is 20.6. The Labute approximate surface area is 171 Å². The Morgan fingerprint density at radius 3 is 2.45 bits per heavy atom. The summed E-state index contributed by atoms with van der Waals surface area (Å²) in [6, 6.07) is 12.3. The second-order valence-electron chi connectivity index (χ2n) is 7.05. The second kappa shape index (κ2) is 9.93. The van der Waals surface area contributed by atoms with Gasteiger partial charge in [-0.2, -0.15) is 0 Å². The summed E-state index contributed by atoms with van der Waals surface area (Å²) in [6.45, 7) is 6.62. The van der Waals surface area contributed by atoms with Crippen molar-refractivity contribution in [1.82, 2.24) is 20.5 Å². The van der Waals surface area contributed by atoms with Crippen molar-refractivity contribution in [3.8, 4) is 0 Å². The zero-order valence-electron chi connectivity index (χ0n) is 17.5. The molecule has 0 radical (unpaired) electrons. The van der Waals surface area contributed by atoms with Crippen molar-refractivity contribution < 1.29 is 8.83 Å². The molecule has 2 heterocycles. The van der Waals surface area contributed by atoms with Gasteiger partial charge in [-0.3, -0.25) is 9.89 Å². The third kappa shape index (κ3) is 5.96. The Balaban J connectivity index is 1.55. The molecule has 0 spiro atoms. The lowest BCUT2D eigenvalue weighted by Gasteiger charge is -2.18. The molecule has 0 atom stereocenters. The summed E-state index contributed by atoms with van der Waals surface area (Å²) in [6.07, 6.45) is 1.71. The number of furan rings is 1. The average molecular weight is 396 g/mol. The van der Waals surface area contributed by atoms with E-state index in [-0.39, 0.29) is 0 Å². The lowest BCUT2D eigenvalue weighted by atomic mass is 10.1. The van der Waals surface area contributed by atoms with Crippen LogP contribution in [0.25, 0.3) is 0 Å². The fourth-order valence-corrected chi connectivity index (χ4v) is 3.07. The number of rotatable bonds is 8. The van der Waals surface area contributed by atoms with Crippen LogP contribution in [0.2, 0.25) is 0 Å². The van der Waals surface area contributed by atoms with Gasteiger partial charge in [0.1, 0.15) is 11.5 Å². The molecule has 7 heteroatoms. The number of hydrogen-bond acceptors (Lipinski definition) is 5. The summed E-state index contributed by atoms with van der Waals surface area (Å²) in [7, 11) is 3.85. The van der Waals surface area contributed by atoms with E-state index in [1.807, 2.05) is 26.0 Å². The van der Waals surface area contributed by atoms with Crippen LogP contribution in [0, 0.1) is 13.8 Å². The summed E-state index contributed by atoms with van der Waals surface area (Å²) >= 11 is 0. The minimum Gasteiger partial charge on any atom is -0.468 e. The molecule has 0 aliphatic rings. The number of aromatic nitrogens is 1. The van der Waals surface area contributed by atoms with E-state index in [2.05, 4.69) is 56.8 Å². The van der Waals surface area contributed by atoms with Gasteiger partial charge in [-0.25, -0.2) is 4.98 Å². The molecule has 29 heavy (non-hydrogen) atoms. The first-order valence-corrected chi connectivity index (χ1v) is 9.70. The largest absolute Gasteiger partial charge is 0.468 e. The number of hydrogen-bond donors (Lipinski definition) is 2. The van der Waals surface area contributed by atoms with Crippen LogP contribution in [-0.2, 0) is 26.2 Å². The van der Waals surface area contributed by atoms with Crippen molar-refractivity contribution in [2.75, 3.05) is 14.1 Å². The predicted octanol–water partition coefficient (Wildman–Crippen LogP) is 3.38. The van der Waals surface area contributed by atoms with Gasteiger partial charge in [0.25, 0.3) is 0 Å². The number of oxazole rings is 1. The maximum absolute atomic E-state index is 5.61. The summed E-state index contributed by atoms with van der Waals surface area (Å²) < 4.78 is 11.1. The Hall–Kier alpha value is -3.06. The molecule has 2 aromatic heterocycles. The lowest BCUT2D eigenvalue weighted by Crippen LogP contribution is -2.36. The highest BCUT2D eigenvalue weighted by Crippen LogP contribution is 2.13. The van der Waals surface area contributed by atoms with E-state index in [0.29, 0.717) is 24.9 Å². The van der Waals surface area contributed by atoms with E-state index in [1.54, 1.807) is 13.3 Å². The number of nitrogens with one attached hydrogen (secondary N) is 2. The Morgan fingerprint density at radius 2 is 1.79 bits per heavy atom. The molecule has 0 unspecified atom stereocenters. The highest BCUT2D eigenvalue weighted by Gasteiger charge is 2.09. The van der Waals surface area contributed by atoms with Crippen molar-refractivity contribution in [1.29, 1.82) is 0 Å². The smallest absolute Gasteiger partial charge is 0.214 e. The molecule has 0 amide bonds. The number of aliphatic imine (C=N–C) groups is 1. The lowest BCUT2D eigenvalue weighted by molar-refractivity contribution is 0.287. The molecule has 0 fully saturated rings. The maximum Gasteiger partial charge on any atom is 0.214 e. The molecule has 2 N–H and O–H groups in total. The summed E-state index contributed by atoms with van der Waals surface area (Å²) in [4.78, 5) is 10.9. The van der Waals surface area contributed by atoms with Gasteiger partial charge >= 0.3 is 0 Å². The normalized spacial score (nSPS) is 11.8. The first-order chi connectivity index (χ1) is 14.0. The third-order valence-corrected chi connectivity index (χ3v) is 4.71. The van der Waals surface area contributed by atoms with Gasteiger partial charge < -0.3 is 19.5 Å². The van der Waals surface area contributed by atoms with Gasteiger partial charge in [0.15, 0.2) is 5.96 Å². The topological polar surface area (TPSA) is 78.8 Å². The van der Waals surface area contributed by atoms with Crippen molar-refractivity contribution in [2.45, 2.75) is 40.0 Å². The van der Waals surface area contributed by atoms with Crippen LogP contribution in [0.1, 0.15) is 34.2 Å². The molecular formula is C22H29N5O2. The SMILES string of the molecule is CN=C(NCc1nc(C)c(C)o1)NCc1ccccc1CN(C)Cc1ccco1. The molecule has 7 nitrogen and oxygen atoms in total. The summed E-state index contributed by atoms with van der Waals surface area (Å²) in [5.41, 5.74) is 3.41. The van der Waals surface area contributed by atoms with Crippen LogP contribution in [0.5, 0.6) is 0 Å².